The predicted octanol–water partition coefficient (Wildman–Crippen LogP) is 2.55. The number of rotatable bonds is 7. The molecule has 20 heavy (non-hydrogen) atoms. The van der Waals surface area contributed by atoms with Gasteiger partial charge in [-0.3, -0.25) is 0 Å². The molecule has 1 aromatic heterocycles. The lowest BCUT2D eigenvalue weighted by Gasteiger charge is -2.08. The second kappa shape index (κ2) is 7.89. The van der Waals surface area contributed by atoms with Crippen LogP contribution in [0.25, 0.3) is 0 Å². The number of furan rings is 1. The van der Waals surface area contributed by atoms with Crippen molar-refractivity contribution < 1.29 is 13.9 Å². The van der Waals surface area contributed by atoms with Crippen molar-refractivity contribution in [1.29, 1.82) is 0 Å². The van der Waals surface area contributed by atoms with Gasteiger partial charge in [0.2, 0.25) is 0 Å². The molecule has 2 N–H and O–H groups in total. The number of urea groups is 1. The van der Waals surface area contributed by atoms with Gasteiger partial charge >= 0.3 is 6.03 Å². The van der Waals surface area contributed by atoms with Gasteiger partial charge in [-0.1, -0.05) is 18.2 Å². The number of benzene rings is 1. The standard InChI is InChI=1S/C15H18N2O3/c18-15(17-12-14-8-4-10-20-14)16-9-5-11-19-13-6-2-1-3-7-13/h1-4,6-8,10H,5,9,11-12H2,(H2,16,17,18). The number of hydrogen-bond acceptors (Lipinski definition) is 3. The van der Waals surface area contributed by atoms with Gasteiger partial charge in [-0.2, -0.15) is 0 Å². The van der Waals surface area contributed by atoms with Crippen molar-refractivity contribution in [3.8, 4) is 5.75 Å². The Kier molecular flexibility index (Phi) is 5.52. The molecule has 106 valence electrons. The lowest BCUT2D eigenvalue weighted by molar-refractivity contribution is 0.237. The van der Waals surface area contributed by atoms with Gasteiger partial charge in [0.25, 0.3) is 0 Å². The van der Waals surface area contributed by atoms with Gasteiger partial charge < -0.3 is 19.8 Å². The van der Waals surface area contributed by atoms with E-state index in [9.17, 15) is 4.79 Å². The van der Waals surface area contributed by atoms with Crippen LogP contribution in [0, 0.1) is 0 Å². The lowest BCUT2D eigenvalue weighted by Crippen LogP contribution is -2.35. The monoisotopic (exact) mass is 274 g/mol. The second-order valence-electron chi connectivity index (χ2n) is 4.20. The zero-order valence-corrected chi connectivity index (χ0v) is 11.2. The average molecular weight is 274 g/mol. The molecule has 5 nitrogen and oxygen atoms in total. The first-order chi connectivity index (χ1) is 9.84. The second-order valence-corrected chi connectivity index (χ2v) is 4.20. The van der Waals surface area contributed by atoms with Gasteiger partial charge in [0.15, 0.2) is 0 Å². The van der Waals surface area contributed by atoms with E-state index in [1.165, 1.54) is 0 Å². The van der Waals surface area contributed by atoms with Crippen LogP contribution in [0.4, 0.5) is 4.79 Å². The van der Waals surface area contributed by atoms with Gasteiger partial charge in [0, 0.05) is 6.54 Å². The van der Waals surface area contributed by atoms with E-state index >= 15 is 0 Å². The summed E-state index contributed by atoms with van der Waals surface area (Å²) in [5.41, 5.74) is 0. The summed E-state index contributed by atoms with van der Waals surface area (Å²) in [5, 5.41) is 5.47. The lowest BCUT2D eigenvalue weighted by atomic mass is 10.3. The molecule has 5 heteroatoms. The molecule has 0 aliphatic rings. The number of ether oxygens (including phenoxy) is 1. The van der Waals surface area contributed by atoms with E-state index in [0.717, 1.165) is 17.9 Å². The number of hydrogen-bond donors (Lipinski definition) is 2. The summed E-state index contributed by atoms with van der Waals surface area (Å²) in [6.07, 6.45) is 2.33. The fraction of sp³-hybridized carbons (Fsp3) is 0.267. The summed E-state index contributed by atoms with van der Waals surface area (Å²) >= 11 is 0. The molecule has 0 aliphatic carbocycles. The van der Waals surface area contributed by atoms with Crippen LogP contribution in [0.2, 0.25) is 0 Å². The maximum Gasteiger partial charge on any atom is 0.315 e. The smallest absolute Gasteiger partial charge is 0.315 e. The molecular weight excluding hydrogens is 256 g/mol. The highest BCUT2D eigenvalue weighted by Gasteiger charge is 2.01. The Balaban J connectivity index is 1.51. The van der Waals surface area contributed by atoms with Crippen molar-refractivity contribution in [1.82, 2.24) is 10.6 Å². The first kappa shape index (κ1) is 14.0. The molecule has 2 rings (SSSR count). The van der Waals surface area contributed by atoms with E-state index in [4.69, 9.17) is 9.15 Å². The van der Waals surface area contributed by atoms with E-state index in [1.807, 2.05) is 36.4 Å². The molecule has 0 spiro atoms. The number of nitrogens with one attached hydrogen (secondary N) is 2. The molecule has 0 radical (unpaired) electrons. The highest BCUT2D eigenvalue weighted by atomic mass is 16.5. The summed E-state index contributed by atoms with van der Waals surface area (Å²) in [6.45, 7) is 1.53. The van der Waals surface area contributed by atoms with Crippen LogP contribution >= 0.6 is 0 Å². The minimum Gasteiger partial charge on any atom is -0.494 e. The largest absolute Gasteiger partial charge is 0.494 e. The van der Waals surface area contributed by atoms with Crippen molar-refractivity contribution >= 4 is 6.03 Å². The normalized spacial score (nSPS) is 10.0. The zero-order chi connectivity index (χ0) is 14.0. The van der Waals surface area contributed by atoms with Crippen LogP contribution in [-0.4, -0.2) is 19.2 Å². The molecule has 2 amide bonds. The van der Waals surface area contributed by atoms with Crippen molar-refractivity contribution in [3.05, 3.63) is 54.5 Å². The summed E-state index contributed by atoms with van der Waals surface area (Å²) in [6, 6.07) is 13.0. The molecule has 0 saturated carbocycles. The Morgan fingerprint density at radius 1 is 1.10 bits per heavy atom. The summed E-state index contributed by atoms with van der Waals surface area (Å²) in [4.78, 5) is 11.5. The highest BCUT2D eigenvalue weighted by Crippen LogP contribution is 2.07. The Morgan fingerprint density at radius 3 is 2.70 bits per heavy atom. The summed E-state index contributed by atoms with van der Waals surface area (Å²) in [5.74, 6) is 1.57. The molecule has 0 aliphatic heterocycles. The Labute approximate surface area is 117 Å². The fourth-order valence-corrected chi connectivity index (χ4v) is 1.62. The van der Waals surface area contributed by atoms with E-state index in [-0.39, 0.29) is 6.03 Å². The van der Waals surface area contributed by atoms with Crippen molar-refractivity contribution in [3.63, 3.8) is 0 Å². The van der Waals surface area contributed by atoms with Gasteiger partial charge in [-0.15, -0.1) is 0 Å². The number of carbonyl (C=O) groups excluding carboxylic acids is 1. The Hall–Kier alpha value is -2.43. The number of amides is 2. The third kappa shape index (κ3) is 5.06. The van der Waals surface area contributed by atoms with E-state index < -0.39 is 0 Å². The number of para-hydroxylation sites is 1. The van der Waals surface area contributed by atoms with Gasteiger partial charge in [0.05, 0.1) is 19.4 Å². The third-order valence-electron chi connectivity index (χ3n) is 2.62. The van der Waals surface area contributed by atoms with Crippen LogP contribution in [-0.2, 0) is 6.54 Å². The van der Waals surface area contributed by atoms with E-state index in [0.29, 0.717) is 19.7 Å². The van der Waals surface area contributed by atoms with Crippen LogP contribution in [0.1, 0.15) is 12.2 Å². The van der Waals surface area contributed by atoms with Crippen LogP contribution < -0.4 is 15.4 Å². The summed E-state index contributed by atoms with van der Waals surface area (Å²) < 4.78 is 10.6. The van der Waals surface area contributed by atoms with E-state index in [1.54, 1.807) is 12.3 Å². The quantitative estimate of drug-likeness (QED) is 0.763. The van der Waals surface area contributed by atoms with Crippen LogP contribution in [0.15, 0.2) is 53.1 Å². The predicted molar refractivity (Wildman–Crippen MR) is 75.5 cm³/mol. The van der Waals surface area contributed by atoms with Crippen molar-refractivity contribution in [2.24, 2.45) is 0 Å². The van der Waals surface area contributed by atoms with Gasteiger partial charge in [0.1, 0.15) is 11.5 Å². The van der Waals surface area contributed by atoms with Crippen molar-refractivity contribution in [2.45, 2.75) is 13.0 Å². The van der Waals surface area contributed by atoms with Crippen LogP contribution in [0.3, 0.4) is 0 Å². The first-order valence-electron chi connectivity index (χ1n) is 6.56. The molecule has 0 fully saturated rings. The molecule has 0 unspecified atom stereocenters. The molecule has 1 aromatic carbocycles. The van der Waals surface area contributed by atoms with Gasteiger partial charge in [-0.05, 0) is 30.7 Å². The molecule has 1 heterocycles. The number of carbonyl (C=O) groups is 1. The minimum atomic E-state index is -0.207. The first-order valence-corrected chi connectivity index (χ1v) is 6.56. The summed E-state index contributed by atoms with van der Waals surface area (Å²) in [7, 11) is 0. The van der Waals surface area contributed by atoms with Crippen molar-refractivity contribution in [2.75, 3.05) is 13.2 Å². The van der Waals surface area contributed by atoms with E-state index in [2.05, 4.69) is 10.6 Å². The molecule has 2 aromatic rings. The van der Waals surface area contributed by atoms with Crippen LogP contribution in [0.5, 0.6) is 5.75 Å². The minimum absolute atomic E-state index is 0.207. The zero-order valence-electron chi connectivity index (χ0n) is 11.2. The average Bonchev–Trinajstić information content (AvgIpc) is 2.99. The molecule has 0 saturated heterocycles. The molecule has 0 bridgehead atoms. The SMILES string of the molecule is O=C(NCCCOc1ccccc1)NCc1ccco1. The Morgan fingerprint density at radius 2 is 1.95 bits per heavy atom. The van der Waals surface area contributed by atoms with Gasteiger partial charge in [-0.25, -0.2) is 4.79 Å². The highest BCUT2D eigenvalue weighted by molar-refractivity contribution is 5.73. The Bertz CT molecular complexity index is 497. The molecule has 0 atom stereocenters. The third-order valence-corrected chi connectivity index (χ3v) is 2.62. The fourth-order valence-electron chi connectivity index (χ4n) is 1.62. The topological polar surface area (TPSA) is 63.5 Å². The molecular formula is C15H18N2O3. The maximum atomic E-state index is 11.5. The maximum absolute atomic E-state index is 11.5.